The molecule has 0 fully saturated rings. The number of rotatable bonds is 6. The largest absolute Gasteiger partial charge is 0.336 e. The summed E-state index contributed by atoms with van der Waals surface area (Å²) >= 11 is 0. The number of nitrogens with one attached hydrogen (secondary N) is 2. The molecule has 1 unspecified atom stereocenters. The fourth-order valence-electron chi connectivity index (χ4n) is 8.73. The molecule has 0 saturated carbocycles. The molecule has 60 heavy (non-hydrogen) atoms. The van der Waals surface area contributed by atoms with Crippen LogP contribution in [0, 0.1) is 12.8 Å². The Morgan fingerprint density at radius 3 is 2.00 bits per heavy atom. The third kappa shape index (κ3) is 7.61. The van der Waals surface area contributed by atoms with E-state index in [1.807, 2.05) is 31.3 Å². The van der Waals surface area contributed by atoms with Crippen LogP contribution in [0.4, 0.5) is 11.4 Å². The van der Waals surface area contributed by atoms with Crippen LogP contribution in [0.3, 0.4) is 0 Å². The van der Waals surface area contributed by atoms with Crippen LogP contribution in [0.25, 0.3) is 38.6 Å². The number of allylic oxidation sites excluding steroid dienone is 6. The summed E-state index contributed by atoms with van der Waals surface area (Å²) in [6.07, 6.45) is 12.0. The molecule has 3 aliphatic rings. The molecule has 6 aromatic carbocycles. The number of amidine groups is 1. The van der Waals surface area contributed by atoms with Gasteiger partial charge < -0.3 is 14.8 Å². The number of para-hydroxylation sites is 4. The number of hydrogen-bond acceptors (Lipinski definition) is 4. The van der Waals surface area contributed by atoms with Gasteiger partial charge >= 0.3 is 0 Å². The molecule has 0 saturated heterocycles. The van der Waals surface area contributed by atoms with E-state index in [9.17, 15) is 0 Å². The monoisotopic (exact) mass is 782 g/mol. The van der Waals surface area contributed by atoms with E-state index < -0.39 is 0 Å². The molecule has 0 spiro atoms. The standard InChI is InChI=1S/C47H42N6.C7H8/c1-33-17-5-4-16-28-51(41-24-12-8-20-37(33)41)45-30-35-29-36(46(45)53-43-26-14-10-22-39(43)40-23-11-15-27-44(40)53)31-52(42-25-13-9-21-38(35)42)50-47(49-32-48-2)34-18-6-3-7-19-34;1-7-5-3-2-4-6-7/h3-27,30,36,48H,1,28-29,31-32H2,2H3,(H,49,50);2-6H,1H3/b16-4-,17-5-;. The van der Waals surface area contributed by atoms with Gasteiger partial charge in [-0.1, -0.05) is 170 Å². The van der Waals surface area contributed by atoms with Gasteiger partial charge in [0.2, 0.25) is 0 Å². The van der Waals surface area contributed by atoms with Gasteiger partial charge in [-0.3, -0.25) is 15.4 Å². The van der Waals surface area contributed by atoms with Gasteiger partial charge in [-0.05, 0) is 61.9 Å². The summed E-state index contributed by atoms with van der Waals surface area (Å²) in [7, 11) is 1.93. The van der Waals surface area contributed by atoms with Crippen molar-refractivity contribution in [1.82, 2.24) is 15.3 Å². The second kappa shape index (κ2) is 17.4. The number of fused-ring (bicyclic) bond motifs is 8. The SMILES string of the molecule is C=C1/C=C\C=C/CN(C2=C(n3c4ccccc4c4ccccc43)C3CC(=C2)c2ccccc2N(N/C(=N\CNC)c2ccccc2)C3)c2ccccc21.Cc1ccccc1. The Morgan fingerprint density at radius 1 is 0.700 bits per heavy atom. The maximum atomic E-state index is 4.99. The number of aryl methyl sites for hydroxylation is 1. The van der Waals surface area contributed by atoms with Gasteiger partial charge in [0, 0.05) is 52.2 Å². The number of benzene rings is 6. The Hall–Kier alpha value is -7.15. The van der Waals surface area contributed by atoms with E-state index in [1.54, 1.807) is 0 Å². The minimum atomic E-state index is 0.107. The minimum Gasteiger partial charge on any atom is -0.336 e. The zero-order valence-corrected chi connectivity index (χ0v) is 34.3. The average Bonchev–Trinajstić information content (AvgIpc) is 3.60. The summed E-state index contributed by atoms with van der Waals surface area (Å²) in [6.45, 7) is 8.51. The van der Waals surface area contributed by atoms with Crippen LogP contribution in [0.2, 0.25) is 0 Å². The number of hydrogen-bond donors (Lipinski definition) is 2. The lowest BCUT2D eigenvalue weighted by Crippen LogP contribution is -2.46. The highest BCUT2D eigenvalue weighted by molar-refractivity contribution is 6.11. The van der Waals surface area contributed by atoms with E-state index in [0.717, 1.165) is 46.9 Å². The van der Waals surface area contributed by atoms with Crippen molar-refractivity contribution in [3.63, 3.8) is 0 Å². The maximum absolute atomic E-state index is 4.99. The van der Waals surface area contributed by atoms with Crippen LogP contribution in [-0.2, 0) is 0 Å². The molecule has 1 aromatic heterocycles. The molecular formula is C54H50N6. The summed E-state index contributed by atoms with van der Waals surface area (Å²) in [5, 5.41) is 8.05. The Bertz CT molecular complexity index is 2770. The Morgan fingerprint density at radius 2 is 1.32 bits per heavy atom. The molecule has 2 aliphatic heterocycles. The molecule has 10 rings (SSSR count). The zero-order valence-electron chi connectivity index (χ0n) is 34.3. The van der Waals surface area contributed by atoms with Crippen molar-refractivity contribution in [3.05, 3.63) is 223 Å². The van der Waals surface area contributed by atoms with Gasteiger partial charge in [-0.2, -0.15) is 0 Å². The maximum Gasteiger partial charge on any atom is 0.148 e. The smallest absolute Gasteiger partial charge is 0.148 e. The highest BCUT2D eigenvalue weighted by Gasteiger charge is 2.36. The summed E-state index contributed by atoms with van der Waals surface area (Å²) < 4.78 is 2.55. The molecule has 0 radical (unpaired) electrons. The van der Waals surface area contributed by atoms with Crippen LogP contribution >= 0.6 is 0 Å². The summed E-state index contributed by atoms with van der Waals surface area (Å²) in [5.74, 6) is 0.934. The number of aliphatic imine (C=N–C) groups is 1. The van der Waals surface area contributed by atoms with E-state index in [4.69, 9.17) is 4.99 Å². The first-order chi connectivity index (χ1) is 29.6. The number of hydrazine groups is 1. The first-order valence-corrected chi connectivity index (χ1v) is 20.8. The van der Waals surface area contributed by atoms with E-state index in [0.29, 0.717) is 13.2 Å². The molecule has 1 aliphatic carbocycles. The molecule has 1 atom stereocenters. The summed E-state index contributed by atoms with van der Waals surface area (Å²) in [4.78, 5) is 7.49. The van der Waals surface area contributed by atoms with Crippen LogP contribution in [-0.4, -0.2) is 37.2 Å². The Balaban J connectivity index is 0.000000602. The van der Waals surface area contributed by atoms with E-state index in [2.05, 4.69) is 203 Å². The predicted octanol–water partition coefficient (Wildman–Crippen LogP) is 11.7. The lowest BCUT2D eigenvalue weighted by Gasteiger charge is -2.36. The molecule has 3 heterocycles. The predicted molar refractivity (Wildman–Crippen MR) is 255 cm³/mol. The van der Waals surface area contributed by atoms with E-state index in [-0.39, 0.29) is 5.92 Å². The lowest BCUT2D eigenvalue weighted by molar-refractivity contribution is 0.609. The molecule has 6 heteroatoms. The molecular weight excluding hydrogens is 733 g/mol. The second-order valence-electron chi connectivity index (χ2n) is 15.4. The molecule has 2 bridgehead atoms. The Kier molecular flexibility index (Phi) is 11.1. The van der Waals surface area contributed by atoms with Gasteiger partial charge in [-0.25, -0.2) is 0 Å². The second-order valence-corrected chi connectivity index (χ2v) is 15.4. The van der Waals surface area contributed by atoms with E-state index >= 15 is 0 Å². The average molecular weight is 783 g/mol. The molecule has 7 aromatic rings. The summed E-state index contributed by atoms with van der Waals surface area (Å²) in [5.41, 5.74) is 18.0. The molecule has 296 valence electrons. The van der Waals surface area contributed by atoms with Gasteiger partial charge in [0.1, 0.15) is 5.84 Å². The third-order valence-electron chi connectivity index (χ3n) is 11.5. The van der Waals surface area contributed by atoms with Crippen molar-refractivity contribution in [2.75, 3.05) is 36.7 Å². The van der Waals surface area contributed by atoms with Gasteiger partial charge in [0.05, 0.1) is 34.8 Å². The normalized spacial score (nSPS) is 17.3. The quantitative estimate of drug-likeness (QED) is 0.130. The van der Waals surface area contributed by atoms with Crippen LogP contribution in [0.1, 0.15) is 28.7 Å². The van der Waals surface area contributed by atoms with Crippen molar-refractivity contribution in [2.45, 2.75) is 13.3 Å². The Labute approximate surface area is 353 Å². The fourth-order valence-corrected chi connectivity index (χ4v) is 8.73. The van der Waals surface area contributed by atoms with Gasteiger partial charge in [-0.15, -0.1) is 0 Å². The zero-order chi connectivity index (χ0) is 40.8. The highest BCUT2D eigenvalue weighted by atomic mass is 15.5. The van der Waals surface area contributed by atoms with Gasteiger partial charge in [0.25, 0.3) is 0 Å². The van der Waals surface area contributed by atoms with Crippen molar-refractivity contribution >= 4 is 55.9 Å². The van der Waals surface area contributed by atoms with Crippen molar-refractivity contribution in [1.29, 1.82) is 0 Å². The minimum absolute atomic E-state index is 0.107. The number of aromatic nitrogens is 1. The molecule has 2 N–H and O–H groups in total. The molecule has 6 nitrogen and oxygen atoms in total. The van der Waals surface area contributed by atoms with Crippen LogP contribution in [0.5, 0.6) is 0 Å². The first-order valence-electron chi connectivity index (χ1n) is 20.8. The van der Waals surface area contributed by atoms with Crippen molar-refractivity contribution in [3.8, 4) is 0 Å². The van der Waals surface area contributed by atoms with Crippen molar-refractivity contribution < 1.29 is 0 Å². The first kappa shape index (κ1) is 38.4. The highest BCUT2D eigenvalue weighted by Crippen LogP contribution is 2.48. The topological polar surface area (TPSA) is 47.8 Å². The fraction of sp³-hybridized carbons (Fsp3) is 0.130. The summed E-state index contributed by atoms with van der Waals surface area (Å²) in [6, 6.07) is 55.9. The number of anilines is 2. The number of nitrogens with zero attached hydrogens (tertiary/aromatic N) is 4. The van der Waals surface area contributed by atoms with Crippen molar-refractivity contribution in [2.24, 2.45) is 10.9 Å². The third-order valence-corrected chi connectivity index (χ3v) is 11.5. The van der Waals surface area contributed by atoms with Gasteiger partial charge in [0.15, 0.2) is 0 Å². The van der Waals surface area contributed by atoms with Crippen LogP contribution in [0.15, 0.2) is 205 Å². The lowest BCUT2D eigenvalue weighted by atomic mass is 9.86. The molecule has 0 amide bonds. The van der Waals surface area contributed by atoms with E-state index in [1.165, 1.54) is 49.9 Å². The van der Waals surface area contributed by atoms with Crippen LogP contribution < -0.4 is 20.7 Å².